The molecule has 2 aromatic rings. The minimum atomic E-state index is -0.367. The molecule has 1 amide bonds. The number of H-pyrrole nitrogens is 1. The first-order valence-corrected chi connectivity index (χ1v) is 5.54. The molecule has 0 aliphatic carbocycles. The maximum Gasteiger partial charge on any atom is 0.295 e. The summed E-state index contributed by atoms with van der Waals surface area (Å²) in [6, 6.07) is 5.81. The molecule has 1 N–H and O–H groups in total. The van der Waals surface area contributed by atoms with Crippen LogP contribution in [0.15, 0.2) is 24.3 Å². The standard InChI is InChI=1S/C11H12FN5O2/c1-17(11(18)10-13-15-16-14-10)5-6-19-9-4-2-3-8(12)7-9/h2-4,7H,5-6H2,1H3,(H,13,14,15,16). The van der Waals surface area contributed by atoms with Gasteiger partial charge in [0.05, 0.1) is 6.54 Å². The van der Waals surface area contributed by atoms with Crippen molar-refractivity contribution >= 4 is 5.91 Å². The van der Waals surface area contributed by atoms with Crippen LogP contribution in [-0.2, 0) is 0 Å². The monoisotopic (exact) mass is 265 g/mol. The molecule has 0 spiro atoms. The molecule has 0 saturated heterocycles. The van der Waals surface area contributed by atoms with Crippen LogP contribution >= 0.6 is 0 Å². The predicted octanol–water partition coefficient (Wildman–Crippen LogP) is 0.490. The van der Waals surface area contributed by atoms with Crippen LogP contribution in [0.5, 0.6) is 5.75 Å². The minimum absolute atomic E-state index is 0.00624. The van der Waals surface area contributed by atoms with Crippen LogP contribution in [0.4, 0.5) is 4.39 Å². The molecule has 2 rings (SSSR count). The molecule has 0 bridgehead atoms. The normalized spacial score (nSPS) is 10.2. The fraction of sp³-hybridized carbons (Fsp3) is 0.273. The molecule has 0 fully saturated rings. The highest BCUT2D eigenvalue weighted by Gasteiger charge is 2.15. The fourth-order valence-electron chi connectivity index (χ4n) is 1.38. The van der Waals surface area contributed by atoms with Crippen LogP contribution in [0, 0.1) is 5.82 Å². The number of hydrogen-bond acceptors (Lipinski definition) is 5. The molecule has 100 valence electrons. The maximum atomic E-state index is 12.9. The molecule has 0 aliphatic heterocycles. The predicted molar refractivity (Wildman–Crippen MR) is 63.0 cm³/mol. The second kappa shape index (κ2) is 5.89. The quantitative estimate of drug-likeness (QED) is 0.850. The number of aromatic nitrogens is 4. The van der Waals surface area contributed by atoms with Crippen LogP contribution in [0.25, 0.3) is 0 Å². The summed E-state index contributed by atoms with van der Waals surface area (Å²) in [5.74, 6) is -0.320. The highest BCUT2D eigenvalue weighted by Crippen LogP contribution is 2.11. The van der Waals surface area contributed by atoms with Gasteiger partial charge in [-0.15, -0.1) is 10.2 Å². The molecule has 1 heterocycles. The molecule has 0 unspecified atom stereocenters. The number of nitrogens with zero attached hydrogens (tertiary/aromatic N) is 4. The van der Waals surface area contributed by atoms with Gasteiger partial charge >= 0.3 is 0 Å². The summed E-state index contributed by atoms with van der Waals surface area (Å²) < 4.78 is 18.2. The van der Waals surface area contributed by atoms with Crippen LogP contribution in [0.2, 0.25) is 0 Å². The molecule has 19 heavy (non-hydrogen) atoms. The van der Waals surface area contributed by atoms with Crippen LogP contribution in [0.1, 0.15) is 10.6 Å². The number of hydrogen-bond donors (Lipinski definition) is 1. The first-order valence-electron chi connectivity index (χ1n) is 5.54. The van der Waals surface area contributed by atoms with E-state index in [1.165, 1.54) is 17.0 Å². The van der Waals surface area contributed by atoms with Gasteiger partial charge in [-0.05, 0) is 17.3 Å². The average Bonchev–Trinajstić information content (AvgIpc) is 2.91. The maximum absolute atomic E-state index is 12.9. The first kappa shape index (κ1) is 12.9. The smallest absolute Gasteiger partial charge is 0.295 e. The number of ether oxygens (including phenoxy) is 1. The van der Waals surface area contributed by atoms with E-state index in [0.717, 1.165) is 0 Å². The van der Waals surface area contributed by atoms with Crippen molar-refractivity contribution in [3.05, 3.63) is 35.9 Å². The van der Waals surface area contributed by atoms with Crippen molar-refractivity contribution in [2.24, 2.45) is 0 Å². The van der Waals surface area contributed by atoms with Gasteiger partial charge in [0.15, 0.2) is 0 Å². The van der Waals surface area contributed by atoms with E-state index in [1.807, 2.05) is 0 Å². The summed E-state index contributed by atoms with van der Waals surface area (Å²) in [5, 5.41) is 12.7. The van der Waals surface area contributed by atoms with Crippen LogP contribution in [0.3, 0.4) is 0 Å². The lowest BCUT2D eigenvalue weighted by Gasteiger charge is -2.15. The molecule has 7 nitrogen and oxygen atoms in total. The highest BCUT2D eigenvalue weighted by molar-refractivity contribution is 5.89. The van der Waals surface area contributed by atoms with Gasteiger partial charge < -0.3 is 9.64 Å². The van der Waals surface area contributed by atoms with Crippen LogP contribution in [-0.4, -0.2) is 51.6 Å². The van der Waals surface area contributed by atoms with Crippen molar-refractivity contribution in [3.8, 4) is 5.75 Å². The molecule has 0 aliphatic rings. The number of nitrogens with one attached hydrogen (secondary N) is 1. The zero-order valence-corrected chi connectivity index (χ0v) is 10.2. The lowest BCUT2D eigenvalue weighted by molar-refractivity contribution is 0.0761. The zero-order chi connectivity index (χ0) is 13.7. The Morgan fingerprint density at radius 2 is 2.37 bits per heavy atom. The van der Waals surface area contributed by atoms with Gasteiger partial charge in [0, 0.05) is 13.1 Å². The molecule has 0 radical (unpaired) electrons. The van der Waals surface area contributed by atoms with Gasteiger partial charge in [0.25, 0.3) is 11.7 Å². The van der Waals surface area contributed by atoms with Gasteiger partial charge in [-0.1, -0.05) is 6.07 Å². The Hall–Kier alpha value is -2.51. The van der Waals surface area contributed by atoms with Gasteiger partial charge in [-0.3, -0.25) is 4.79 Å². The number of carbonyl (C=O) groups is 1. The van der Waals surface area contributed by atoms with Crippen molar-refractivity contribution in [2.45, 2.75) is 0 Å². The summed E-state index contributed by atoms with van der Waals surface area (Å²) in [6.07, 6.45) is 0. The second-order valence-electron chi connectivity index (χ2n) is 3.77. The van der Waals surface area contributed by atoms with Crippen LogP contribution < -0.4 is 4.74 Å². The molecule has 1 aromatic carbocycles. The Balaban J connectivity index is 1.81. The third kappa shape index (κ3) is 3.47. The molecule has 0 saturated carbocycles. The third-order valence-electron chi connectivity index (χ3n) is 2.37. The first-order chi connectivity index (χ1) is 9.16. The number of benzene rings is 1. The van der Waals surface area contributed by atoms with Crippen molar-refractivity contribution in [1.29, 1.82) is 0 Å². The number of amides is 1. The number of halogens is 1. The van der Waals surface area contributed by atoms with E-state index in [-0.39, 0.29) is 24.2 Å². The van der Waals surface area contributed by atoms with E-state index in [1.54, 1.807) is 19.2 Å². The topological polar surface area (TPSA) is 84.0 Å². The largest absolute Gasteiger partial charge is 0.492 e. The third-order valence-corrected chi connectivity index (χ3v) is 2.37. The fourth-order valence-corrected chi connectivity index (χ4v) is 1.38. The van der Waals surface area contributed by atoms with E-state index in [2.05, 4.69) is 20.6 Å². The van der Waals surface area contributed by atoms with Gasteiger partial charge in [0.2, 0.25) is 0 Å². The summed E-state index contributed by atoms with van der Waals surface area (Å²) in [5.41, 5.74) is 0. The molecule has 8 heteroatoms. The van der Waals surface area contributed by atoms with E-state index in [0.29, 0.717) is 12.3 Å². The van der Waals surface area contributed by atoms with E-state index in [9.17, 15) is 9.18 Å². The Bertz CT molecular complexity index is 546. The molecular formula is C11H12FN5O2. The number of likely N-dealkylation sites (N-methyl/N-ethyl adjacent to an activating group) is 1. The Morgan fingerprint density at radius 1 is 1.53 bits per heavy atom. The zero-order valence-electron chi connectivity index (χ0n) is 10.2. The second-order valence-corrected chi connectivity index (χ2v) is 3.77. The number of tetrazole rings is 1. The molecule has 0 atom stereocenters. The molecular weight excluding hydrogens is 253 g/mol. The number of carbonyl (C=O) groups excluding carboxylic acids is 1. The van der Waals surface area contributed by atoms with Gasteiger partial charge in [-0.25, -0.2) is 4.39 Å². The average molecular weight is 265 g/mol. The van der Waals surface area contributed by atoms with Crippen molar-refractivity contribution in [2.75, 3.05) is 20.2 Å². The van der Waals surface area contributed by atoms with Gasteiger partial charge in [-0.2, -0.15) is 5.21 Å². The Labute approximate surface area is 108 Å². The van der Waals surface area contributed by atoms with E-state index in [4.69, 9.17) is 4.74 Å². The summed E-state index contributed by atoms with van der Waals surface area (Å²) in [6.45, 7) is 0.563. The van der Waals surface area contributed by atoms with E-state index >= 15 is 0 Å². The molecule has 1 aromatic heterocycles. The highest BCUT2D eigenvalue weighted by atomic mass is 19.1. The van der Waals surface area contributed by atoms with Gasteiger partial charge in [0.1, 0.15) is 18.2 Å². The van der Waals surface area contributed by atoms with E-state index < -0.39 is 0 Å². The van der Waals surface area contributed by atoms with Crippen molar-refractivity contribution in [3.63, 3.8) is 0 Å². The Kier molecular flexibility index (Phi) is 4.01. The number of rotatable bonds is 5. The van der Waals surface area contributed by atoms with Crippen molar-refractivity contribution in [1.82, 2.24) is 25.5 Å². The minimum Gasteiger partial charge on any atom is -0.492 e. The summed E-state index contributed by atoms with van der Waals surface area (Å²) in [4.78, 5) is 13.1. The lowest BCUT2D eigenvalue weighted by Crippen LogP contribution is -2.31. The lowest BCUT2D eigenvalue weighted by atomic mass is 10.3. The SMILES string of the molecule is CN(CCOc1cccc(F)c1)C(=O)c1nn[nH]n1. The summed E-state index contributed by atoms with van der Waals surface area (Å²) in [7, 11) is 1.59. The summed E-state index contributed by atoms with van der Waals surface area (Å²) >= 11 is 0. The number of aromatic amines is 1. The van der Waals surface area contributed by atoms with Crippen molar-refractivity contribution < 1.29 is 13.9 Å². The Morgan fingerprint density at radius 3 is 3.05 bits per heavy atom.